The van der Waals surface area contributed by atoms with Crippen molar-refractivity contribution in [3.8, 4) is 0 Å². The van der Waals surface area contributed by atoms with Crippen LogP contribution in [0.15, 0.2) is 0 Å². The second kappa shape index (κ2) is 4.67. The molecule has 82 valence electrons. The summed E-state index contributed by atoms with van der Waals surface area (Å²) in [5.41, 5.74) is 0. The van der Waals surface area contributed by atoms with Crippen molar-refractivity contribution in [2.45, 2.75) is 19.8 Å². The van der Waals surface area contributed by atoms with Crippen molar-refractivity contribution in [1.82, 2.24) is 10.2 Å². The van der Waals surface area contributed by atoms with Crippen LogP contribution in [0.1, 0.15) is 17.8 Å². The van der Waals surface area contributed by atoms with E-state index in [1.807, 2.05) is 6.92 Å². The Morgan fingerprint density at radius 2 is 2.40 bits per heavy atom. The van der Waals surface area contributed by atoms with Crippen molar-refractivity contribution in [3.05, 3.63) is 5.01 Å². The number of aryl methyl sites for hydroxylation is 1. The highest BCUT2D eigenvalue weighted by Crippen LogP contribution is 2.28. The molecule has 15 heavy (non-hydrogen) atoms. The zero-order valence-corrected chi connectivity index (χ0v) is 9.34. The van der Waals surface area contributed by atoms with E-state index in [1.54, 1.807) is 0 Å². The maximum atomic E-state index is 11.3. The summed E-state index contributed by atoms with van der Waals surface area (Å²) in [4.78, 5) is 11.3. The molecule has 1 heterocycles. The average molecular weight is 227 g/mol. The molecule has 0 spiro atoms. The number of hydrogen-bond donors (Lipinski definition) is 1. The first-order valence-electron chi connectivity index (χ1n) is 4.92. The Hall–Kier alpha value is -1.01. The predicted octanol–water partition coefficient (Wildman–Crippen LogP) is 1.21. The molecule has 0 radical (unpaired) electrons. The van der Waals surface area contributed by atoms with Crippen molar-refractivity contribution in [2.24, 2.45) is 5.92 Å². The fraction of sp³-hybridized carbons (Fsp3) is 0.667. The van der Waals surface area contributed by atoms with Crippen molar-refractivity contribution in [2.75, 3.05) is 18.5 Å². The molecule has 6 heteroatoms. The van der Waals surface area contributed by atoms with E-state index in [-0.39, 0.29) is 12.5 Å². The van der Waals surface area contributed by atoms with Gasteiger partial charge in [0, 0.05) is 0 Å². The molecule has 1 fully saturated rings. The summed E-state index contributed by atoms with van der Waals surface area (Å²) in [6.07, 6.45) is 2.47. The van der Waals surface area contributed by atoms with Gasteiger partial charge >= 0.3 is 0 Å². The van der Waals surface area contributed by atoms with Crippen LogP contribution in [-0.2, 0) is 9.53 Å². The average Bonchev–Trinajstić information content (AvgIpc) is 2.91. The molecule has 1 aliphatic rings. The van der Waals surface area contributed by atoms with Crippen LogP contribution in [0.5, 0.6) is 0 Å². The number of carbonyl (C=O) groups excluding carboxylic acids is 1. The maximum Gasteiger partial charge on any atom is 0.252 e. The van der Waals surface area contributed by atoms with Crippen LogP contribution in [0, 0.1) is 12.8 Å². The van der Waals surface area contributed by atoms with Crippen molar-refractivity contribution in [3.63, 3.8) is 0 Å². The molecule has 1 aliphatic carbocycles. The van der Waals surface area contributed by atoms with E-state index in [9.17, 15) is 4.79 Å². The van der Waals surface area contributed by atoms with Gasteiger partial charge in [-0.3, -0.25) is 10.1 Å². The molecule has 1 aromatic heterocycles. The van der Waals surface area contributed by atoms with Crippen LogP contribution in [0.4, 0.5) is 5.13 Å². The normalized spacial score (nSPS) is 15.3. The van der Waals surface area contributed by atoms with E-state index in [0.717, 1.165) is 5.01 Å². The number of anilines is 1. The fourth-order valence-corrected chi connectivity index (χ4v) is 1.71. The van der Waals surface area contributed by atoms with Gasteiger partial charge in [0.2, 0.25) is 5.13 Å². The largest absolute Gasteiger partial charge is 0.371 e. The number of carbonyl (C=O) groups is 1. The van der Waals surface area contributed by atoms with Gasteiger partial charge in [0.05, 0.1) is 6.61 Å². The Morgan fingerprint density at radius 1 is 1.60 bits per heavy atom. The Bertz CT molecular complexity index is 349. The Kier molecular flexibility index (Phi) is 3.27. The summed E-state index contributed by atoms with van der Waals surface area (Å²) in [5.74, 6) is 0.522. The summed E-state index contributed by atoms with van der Waals surface area (Å²) in [5, 5.41) is 11.6. The molecule has 2 rings (SSSR count). The zero-order chi connectivity index (χ0) is 10.7. The third-order valence-electron chi connectivity index (χ3n) is 2.06. The summed E-state index contributed by atoms with van der Waals surface area (Å²) in [7, 11) is 0. The lowest BCUT2D eigenvalue weighted by Crippen LogP contribution is -2.18. The van der Waals surface area contributed by atoms with Crippen LogP contribution >= 0.6 is 11.3 Å². The SMILES string of the molecule is Cc1nnc(NC(=O)COCC2CC2)s1. The molecule has 1 N–H and O–H groups in total. The highest BCUT2D eigenvalue weighted by Gasteiger charge is 2.21. The number of nitrogens with one attached hydrogen (secondary N) is 1. The van der Waals surface area contributed by atoms with Crippen LogP contribution in [-0.4, -0.2) is 29.3 Å². The molecule has 0 aliphatic heterocycles. The Labute approximate surface area is 91.9 Å². The van der Waals surface area contributed by atoms with E-state index in [1.165, 1.54) is 24.2 Å². The minimum Gasteiger partial charge on any atom is -0.371 e. The van der Waals surface area contributed by atoms with E-state index >= 15 is 0 Å². The first kappa shape index (κ1) is 10.5. The Morgan fingerprint density at radius 3 is 3.00 bits per heavy atom. The quantitative estimate of drug-likeness (QED) is 0.821. The molecule has 0 saturated heterocycles. The fourth-order valence-electron chi connectivity index (χ4n) is 1.11. The molecule has 5 nitrogen and oxygen atoms in total. The number of amides is 1. The predicted molar refractivity (Wildman–Crippen MR) is 56.8 cm³/mol. The molecule has 0 bridgehead atoms. The summed E-state index contributed by atoms with van der Waals surface area (Å²) in [6, 6.07) is 0. The molecule has 1 saturated carbocycles. The number of rotatable bonds is 5. The van der Waals surface area contributed by atoms with Gasteiger partial charge in [-0.2, -0.15) is 0 Å². The van der Waals surface area contributed by atoms with E-state index < -0.39 is 0 Å². The minimum atomic E-state index is -0.160. The van der Waals surface area contributed by atoms with Gasteiger partial charge in [-0.05, 0) is 25.7 Å². The lowest BCUT2D eigenvalue weighted by molar-refractivity contribution is -0.120. The second-order valence-electron chi connectivity index (χ2n) is 3.63. The van der Waals surface area contributed by atoms with E-state index in [4.69, 9.17) is 4.74 Å². The Balaban J connectivity index is 1.67. The zero-order valence-electron chi connectivity index (χ0n) is 8.52. The van der Waals surface area contributed by atoms with Crippen LogP contribution in [0.2, 0.25) is 0 Å². The summed E-state index contributed by atoms with van der Waals surface area (Å²) < 4.78 is 5.24. The van der Waals surface area contributed by atoms with Gasteiger partial charge in [0.25, 0.3) is 5.91 Å². The smallest absolute Gasteiger partial charge is 0.252 e. The molecular formula is C9H13N3O2S. The number of nitrogens with zero attached hydrogens (tertiary/aromatic N) is 2. The van der Waals surface area contributed by atoms with Crippen LogP contribution in [0.3, 0.4) is 0 Å². The van der Waals surface area contributed by atoms with E-state index in [0.29, 0.717) is 17.7 Å². The molecule has 0 atom stereocenters. The molecule has 1 aromatic rings. The van der Waals surface area contributed by atoms with Crippen LogP contribution in [0.25, 0.3) is 0 Å². The highest BCUT2D eigenvalue weighted by atomic mass is 32.1. The van der Waals surface area contributed by atoms with Gasteiger partial charge in [0.15, 0.2) is 0 Å². The minimum absolute atomic E-state index is 0.106. The van der Waals surface area contributed by atoms with Gasteiger partial charge < -0.3 is 4.74 Å². The molecule has 1 amide bonds. The van der Waals surface area contributed by atoms with Crippen molar-refractivity contribution < 1.29 is 9.53 Å². The second-order valence-corrected chi connectivity index (χ2v) is 4.81. The number of ether oxygens (including phenoxy) is 1. The lowest BCUT2D eigenvalue weighted by atomic mass is 10.5. The van der Waals surface area contributed by atoms with Crippen LogP contribution < -0.4 is 5.32 Å². The third kappa shape index (κ3) is 3.56. The third-order valence-corrected chi connectivity index (χ3v) is 2.81. The van der Waals surface area contributed by atoms with Gasteiger partial charge in [-0.25, -0.2) is 0 Å². The molecule has 0 aromatic carbocycles. The highest BCUT2D eigenvalue weighted by molar-refractivity contribution is 7.15. The lowest BCUT2D eigenvalue weighted by Gasteiger charge is -2.01. The first-order chi connectivity index (χ1) is 7.24. The first-order valence-corrected chi connectivity index (χ1v) is 5.73. The summed E-state index contributed by atoms with van der Waals surface area (Å²) >= 11 is 1.36. The monoisotopic (exact) mass is 227 g/mol. The van der Waals surface area contributed by atoms with Gasteiger partial charge in [-0.15, -0.1) is 10.2 Å². The standard InChI is InChI=1S/C9H13N3O2S/c1-6-11-12-9(15-6)10-8(13)5-14-4-7-2-3-7/h7H,2-5H2,1H3,(H,10,12,13). The maximum absolute atomic E-state index is 11.3. The van der Waals surface area contributed by atoms with Crippen molar-refractivity contribution >= 4 is 22.4 Å². The van der Waals surface area contributed by atoms with E-state index in [2.05, 4.69) is 15.5 Å². The van der Waals surface area contributed by atoms with Crippen molar-refractivity contribution in [1.29, 1.82) is 0 Å². The van der Waals surface area contributed by atoms with Gasteiger partial charge in [-0.1, -0.05) is 11.3 Å². The molecule has 0 unspecified atom stereocenters. The number of aromatic nitrogens is 2. The topological polar surface area (TPSA) is 64.1 Å². The summed E-state index contributed by atoms with van der Waals surface area (Å²) in [6.45, 7) is 2.65. The number of hydrogen-bond acceptors (Lipinski definition) is 5. The molecular weight excluding hydrogens is 214 g/mol. The van der Waals surface area contributed by atoms with Gasteiger partial charge in [0.1, 0.15) is 11.6 Å².